The van der Waals surface area contributed by atoms with E-state index in [-0.39, 0.29) is 17.9 Å². The molecule has 3 rings (SSSR count). The molecule has 33 heavy (non-hydrogen) atoms. The summed E-state index contributed by atoms with van der Waals surface area (Å²) in [7, 11) is 0. The Morgan fingerprint density at radius 1 is 1.09 bits per heavy atom. The van der Waals surface area contributed by atoms with Crippen LogP contribution in [-0.4, -0.2) is 34.6 Å². The highest BCUT2D eigenvalue weighted by Gasteiger charge is 2.27. The lowest BCUT2D eigenvalue weighted by Crippen LogP contribution is -2.50. The molecule has 4 nitrogen and oxygen atoms in total. The molecule has 0 heterocycles. The molecule has 1 saturated carbocycles. The molecule has 0 spiro atoms. The van der Waals surface area contributed by atoms with Crippen LogP contribution in [0.3, 0.4) is 0 Å². The Hall–Kier alpha value is -1.50. The van der Waals surface area contributed by atoms with Crippen LogP contribution in [0.5, 0.6) is 0 Å². The first kappa shape index (κ1) is 26.1. The van der Waals surface area contributed by atoms with Crippen molar-refractivity contribution in [1.29, 1.82) is 0 Å². The van der Waals surface area contributed by atoms with Gasteiger partial charge in [-0.3, -0.25) is 9.59 Å². The molecule has 2 amide bonds. The molecule has 1 fully saturated rings. The van der Waals surface area contributed by atoms with Gasteiger partial charge in [-0.25, -0.2) is 0 Å². The minimum absolute atomic E-state index is 0.0147. The van der Waals surface area contributed by atoms with E-state index in [0.29, 0.717) is 13.0 Å². The van der Waals surface area contributed by atoms with E-state index in [4.69, 9.17) is 11.6 Å². The molecule has 0 aromatic heterocycles. The van der Waals surface area contributed by atoms with Gasteiger partial charge in [0.25, 0.3) is 0 Å². The molecule has 178 valence electrons. The number of hydrogen-bond acceptors (Lipinski definition) is 3. The summed E-state index contributed by atoms with van der Waals surface area (Å²) in [6.07, 6.45) is 6.78. The lowest BCUT2D eigenvalue weighted by Gasteiger charge is -2.31. The topological polar surface area (TPSA) is 49.4 Å². The fraction of sp³-hybridized carbons (Fsp3) is 0.462. The number of nitrogens with one attached hydrogen (secondary N) is 1. The Morgan fingerprint density at radius 2 is 1.76 bits per heavy atom. The number of carbonyl (C=O) groups excluding carboxylic acids is 2. The van der Waals surface area contributed by atoms with Crippen molar-refractivity contribution in [2.75, 3.05) is 5.75 Å². The van der Waals surface area contributed by atoms with Crippen LogP contribution in [0.1, 0.15) is 57.4 Å². The molecule has 0 bridgehead atoms. The minimum Gasteiger partial charge on any atom is -0.352 e. The molecule has 0 aliphatic heterocycles. The second-order valence-corrected chi connectivity index (χ2v) is 11.1. The van der Waals surface area contributed by atoms with Crippen molar-refractivity contribution in [2.24, 2.45) is 0 Å². The molecule has 0 radical (unpaired) electrons. The number of amides is 2. The highest BCUT2D eigenvalue weighted by atomic mass is 79.9. The van der Waals surface area contributed by atoms with Gasteiger partial charge >= 0.3 is 0 Å². The van der Waals surface area contributed by atoms with E-state index in [1.165, 1.54) is 6.42 Å². The zero-order valence-electron chi connectivity index (χ0n) is 19.1. The highest BCUT2D eigenvalue weighted by molar-refractivity contribution is 9.10. The van der Waals surface area contributed by atoms with Gasteiger partial charge in [0.1, 0.15) is 6.04 Å². The van der Waals surface area contributed by atoms with Crippen molar-refractivity contribution in [2.45, 2.75) is 75.4 Å². The number of thioether (sulfide) groups is 1. The third kappa shape index (κ3) is 8.66. The van der Waals surface area contributed by atoms with Crippen LogP contribution in [-0.2, 0) is 16.1 Å². The molecule has 1 atom stereocenters. The quantitative estimate of drug-likeness (QED) is 0.260. The van der Waals surface area contributed by atoms with Crippen molar-refractivity contribution in [3.8, 4) is 0 Å². The van der Waals surface area contributed by atoms with E-state index < -0.39 is 6.04 Å². The second kappa shape index (κ2) is 13.4. The summed E-state index contributed by atoms with van der Waals surface area (Å²) in [6, 6.07) is 15.4. The maximum Gasteiger partial charge on any atom is 0.242 e. The maximum atomic E-state index is 13.2. The lowest BCUT2D eigenvalue weighted by molar-refractivity contribution is -0.141. The van der Waals surface area contributed by atoms with Gasteiger partial charge in [-0.05, 0) is 73.9 Å². The Balaban J connectivity index is 1.59. The zero-order valence-corrected chi connectivity index (χ0v) is 22.2. The summed E-state index contributed by atoms with van der Waals surface area (Å²) >= 11 is 11.1. The van der Waals surface area contributed by atoms with Crippen LogP contribution >= 0.6 is 39.3 Å². The number of carbonyl (C=O) groups is 2. The first-order valence-corrected chi connectivity index (χ1v) is 13.8. The molecule has 7 heteroatoms. The van der Waals surface area contributed by atoms with E-state index in [2.05, 4.69) is 21.2 Å². The predicted molar refractivity (Wildman–Crippen MR) is 141 cm³/mol. The van der Waals surface area contributed by atoms with E-state index >= 15 is 0 Å². The van der Waals surface area contributed by atoms with Crippen molar-refractivity contribution in [3.05, 3.63) is 63.6 Å². The highest BCUT2D eigenvalue weighted by Crippen LogP contribution is 2.23. The number of rotatable bonds is 10. The number of nitrogens with zero attached hydrogens (tertiary/aromatic N) is 1. The Kier molecular flexibility index (Phi) is 10.6. The molecule has 0 unspecified atom stereocenters. The van der Waals surface area contributed by atoms with Crippen LogP contribution in [0.2, 0.25) is 5.02 Å². The van der Waals surface area contributed by atoms with E-state index in [1.54, 1.807) is 16.7 Å². The lowest BCUT2D eigenvalue weighted by atomic mass is 9.95. The number of hydrogen-bond donors (Lipinski definition) is 1. The molecule has 1 aliphatic rings. The van der Waals surface area contributed by atoms with Gasteiger partial charge < -0.3 is 10.2 Å². The average molecular weight is 552 g/mol. The molecule has 1 N–H and O–H groups in total. The van der Waals surface area contributed by atoms with Gasteiger partial charge in [0.2, 0.25) is 11.8 Å². The normalized spacial score (nSPS) is 15.1. The fourth-order valence-corrected chi connectivity index (χ4v) is 5.27. The summed E-state index contributed by atoms with van der Waals surface area (Å²) in [5.41, 5.74) is 1.01. The summed E-state index contributed by atoms with van der Waals surface area (Å²) in [4.78, 5) is 29.1. The first-order valence-electron chi connectivity index (χ1n) is 11.6. The standard InChI is InChI=1S/C26H32BrClN2O2S/c1-19(26(32)29-23-6-3-2-4-7-23)30(18-20-9-11-21(27)12-10-20)25(31)8-5-17-33-24-15-13-22(28)14-16-24/h9-16,19,23H,2-8,17-18H2,1H3,(H,29,32)/t19-/m1/s1. The molecular formula is C26H32BrClN2O2S. The van der Waals surface area contributed by atoms with Gasteiger partial charge in [0, 0.05) is 33.4 Å². The maximum absolute atomic E-state index is 13.2. The van der Waals surface area contributed by atoms with E-state index in [1.807, 2.05) is 55.5 Å². The van der Waals surface area contributed by atoms with Gasteiger partial charge in [-0.1, -0.05) is 58.9 Å². The third-order valence-electron chi connectivity index (χ3n) is 6.00. The predicted octanol–water partition coefficient (Wildman–Crippen LogP) is 6.84. The average Bonchev–Trinajstić information content (AvgIpc) is 2.82. The van der Waals surface area contributed by atoms with E-state index in [9.17, 15) is 9.59 Å². The molecule has 2 aromatic rings. The summed E-state index contributed by atoms with van der Waals surface area (Å²) in [6.45, 7) is 2.27. The largest absolute Gasteiger partial charge is 0.352 e. The van der Waals surface area contributed by atoms with Gasteiger partial charge in [-0.2, -0.15) is 0 Å². The van der Waals surface area contributed by atoms with Crippen LogP contribution in [0.15, 0.2) is 57.9 Å². The smallest absolute Gasteiger partial charge is 0.242 e. The van der Waals surface area contributed by atoms with Crippen LogP contribution in [0.4, 0.5) is 0 Å². The SMILES string of the molecule is C[C@H](C(=O)NC1CCCCC1)N(Cc1ccc(Br)cc1)C(=O)CCCSc1ccc(Cl)cc1. The zero-order chi connectivity index (χ0) is 23.6. The Bertz CT molecular complexity index is 902. The number of halogens is 2. The second-order valence-electron chi connectivity index (χ2n) is 8.57. The Morgan fingerprint density at radius 3 is 2.42 bits per heavy atom. The van der Waals surface area contributed by atoms with Gasteiger partial charge in [0.15, 0.2) is 0 Å². The van der Waals surface area contributed by atoms with Gasteiger partial charge in [-0.15, -0.1) is 11.8 Å². The third-order valence-corrected chi connectivity index (χ3v) is 7.88. The van der Waals surface area contributed by atoms with Crippen molar-refractivity contribution < 1.29 is 9.59 Å². The van der Waals surface area contributed by atoms with Crippen molar-refractivity contribution >= 4 is 51.1 Å². The summed E-state index contributed by atoms with van der Waals surface area (Å²) < 4.78 is 0.992. The van der Waals surface area contributed by atoms with Crippen molar-refractivity contribution in [1.82, 2.24) is 10.2 Å². The van der Waals surface area contributed by atoms with Gasteiger partial charge in [0.05, 0.1) is 0 Å². The molecule has 1 aliphatic carbocycles. The first-order chi connectivity index (χ1) is 15.9. The Labute approximate surface area is 215 Å². The minimum atomic E-state index is -0.507. The van der Waals surface area contributed by atoms with Crippen LogP contribution in [0, 0.1) is 0 Å². The molecule has 0 saturated heterocycles. The van der Waals surface area contributed by atoms with Crippen molar-refractivity contribution in [3.63, 3.8) is 0 Å². The summed E-state index contributed by atoms with van der Waals surface area (Å²) in [5, 5.41) is 3.91. The van der Waals surface area contributed by atoms with E-state index in [0.717, 1.165) is 57.8 Å². The fourth-order valence-electron chi connectivity index (χ4n) is 4.03. The van der Waals surface area contributed by atoms with Crippen LogP contribution in [0.25, 0.3) is 0 Å². The molecule has 2 aromatic carbocycles. The monoisotopic (exact) mass is 550 g/mol. The molecular weight excluding hydrogens is 520 g/mol. The van der Waals surface area contributed by atoms with Crippen LogP contribution < -0.4 is 5.32 Å². The number of benzene rings is 2. The summed E-state index contributed by atoms with van der Waals surface area (Å²) in [5.74, 6) is 0.797.